The Balaban J connectivity index is 1.89. The first kappa shape index (κ1) is 15.5. The van der Waals surface area contributed by atoms with E-state index in [1.54, 1.807) is 0 Å². The molecule has 21 heavy (non-hydrogen) atoms. The zero-order chi connectivity index (χ0) is 15.4. The van der Waals surface area contributed by atoms with Crippen molar-refractivity contribution in [1.29, 1.82) is 0 Å². The first-order valence-electron chi connectivity index (χ1n) is 6.43. The van der Waals surface area contributed by atoms with Crippen LogP contribution in [0.1, 0.15) is 11.5 Å². The van der Waals surface area contributed by atoms with Crippen molar-refractivity contribution in [3.8, 4) is 0 Å². The molecule has 0 spiro atoms. The average Bonchev–Trinajstić information content (AvgIpc) is 2.78. The summed E-state index contributed by atoms with van der Waals surface area (Å²) < 4.78 is 18.4. The number of benzene rings is 1. The van der Waals surface area contributed by atoms with Crippen molar-refractivity contribution >= 4 is 23.2 Å². The van der Waals surface area contributed by atoms with E-state index in [1.165, 1.54) is 12.1 Å². The molecule has 1 aromatic heterocycles. The van der Waals surface area contributed by atoms with Crippen LogP contribution in [0.25, 0.3) is 0 Å². The second-order valence-corrected chi connectivity index (χ2v) is 5.26. The molecule has 1 amide bonds. The van der Waals surface area contributed by atoms with Gasteiger partial charge in [0.15, 0.2) is 0 Å². The third-order valence-corrected chi connectivity index (χ3v) is 3.15. The number of anilines is 1. The van der Waals surface area contributed by atoms with E-state index < -0.39 is 5.82 Å². The van der Waals surface area contributed by atoms with Gasteiger partial charge in [-0.3, -0.25) is 9.69 Å². The van der Waals surface area contributed by atoms with E-state index in [0.717, 1.165) is 17.6 Å². The number of hydrogen-bond acceptors (Lipinski definition) is 3. The maximum atomic E-state index is 12.9. The fraction of sp³-hybridized carbons (Fsp3) is 0.267. The molecule has 1 aromatic carbocycles. The van der Waals surface area contributed by atoms with Crippen LogP contribution in [0.2, 0.25) is 5.02 Å². The normalized spacial score (nSPS) is 10.9. The number of aryl methyl sites for hydroxylation is 1. The number of carbonyl (C=O) groups excluding carboxylic acids is 1. The highest BCUT2D eigenvalue weighted by atomic mass is 35.5. The lowest BCUT2D eigenvalue weighted by atomic mass is 10.3. The van der Waals surface area contributed by atoms with Crippen molar-refractivity contribution in [3.63, 3.8) is 0 Å². The summed E-state index contributed by atoms with van der Waals surface area (Å²) in [6, 6.07) is 7.59. The number of amides is 1. The molecule has 0 aliphatic rings. The standard InChI is InChI=1S/C15H16ClFN2O2/c1-10-3-5-12(21-10)8-19(2)9-15(20)18-14-6-4-11(17)7-13(14)16/h3-7H,8-9H2,1-2H3,(H,18,20). The highest BCUT2D eigenvalue weighted by molar-refractivity contribution is 6.33. The van der Waals surface area contributed by atoms with Crippen LogP contribution in [0.3, 0.4) is 0 Å². The molecule has 6 heteroatoms. The fourth-order valence-electron chi connectivity index (χ4n) is 1.92. The van der Waals surface area contributed by atoms with Gasteiger partial charge in [0, 0.05) is 0 Å². The monoisotopic (exact) mass is 310 g/mol. The number of carbonyl (C=O) groups is 1. The van der Waals surface area contributed by atoms with Crippen molar-refractivity contribution < 1.29 is 13.6 Å². The first-order chi connectivity index (χ1) is 9.94. The molecule has 0 aliphatic heterocycles. The van der Waals surface area contributed by atoms with Crippen molar-refractivity contribution in [2.75, 3.05) is 18.9 Å². The zero-order valence-electron chi connectivity index (χ0n) is 11.8. The summed E-state index contributed by atoms with van der Waals surface area (Å²) in [7, 11) is 1.81. The second-order valence-electron chi connectivity index (χ2n) is 4.86. The lowest BCUT2D eigenvalue weighted by Crippen LogP contribution is -2.29. The lowest BCUT2D eigenvalue weighted by Gasteiger charge is -2.15. The van der Waals surface area contributed by atoms with Crippen LogP contribution in [0.15, 0.2) is 34.7 Å². The van der Waals surface area contributed by atoms with Crippen LogP contribution < -0.4 is 5.32 Å². The van der Waals surface area contributed by atoms with Gasteiger partial charge in [0.1, 0.15) is 17.3 Å². The fourth-order valence-corrected chi connectivity index (χ4v) is 2.13. The van der Waals surface area contributed by atoms with Gasteiger partial charge in [0.2, 0.25) is 5.91 Å². The van der Waals surface area contributed by atoms with E-state index in [0.29, 0.717) is 12.2 Å². The number of likely N-dealkylation sites (N-methyl/N-ethyl adjacent to an activating group) is 1. The van der Waals surface area contributed by atoms with E-state index in [2.05, 4.69) is 5.32 Å². The van der Waals surface area contributed by atoms with Gasteiger partial charge in [0.05, 0.1) is 23.8 Å². The Hall–Kier alpha value is -1.85. The van der Waals surface area contributed by atoms with E-state index in [4.69, 9.17) is 16.0 Å². The van der Waals surface area contributed by atoms with Crippen molar-refractivity contribution in [3.05, 3.63) is 52.7 Å². The van der Waals surface area contributed by atoms with Gasteiger partial charge in [0.25, 0.3) is 0 Å². The summed E-state index contributed by atoms with van der Waals surface area (Å²) in [4.78, 5) is 13.7. The van der Waals surface area contributed by atoms with E-state index in [9.17, 15) is 9.18 Å². The maximum Gasteiger partial charge on any atom is 0.238 e. The van der Waals surface area contributed by atoms with Crippen LogP contribution in [0, 0.1) is 12.7 Å². The number of furan rings is 1. The molecule has 0 atom stereocenters. The molecule has 1 N–H and O–H groups in total. The summed E-state index contributed by atoms with van der Waals surface area (Å²) >= 11 is 5.86. The quantitative estimate of drug-likeness (QED) is 0.920. The third kappa shape index (κ3) is 4.58. The van der Waals surface area contributed by atoms with Crippen molar-refractivity contribution in [2.45, 2.75) is 13.5 Å². The Bertz CT molecular complexity index is 642. The molecule has 1 heterocycles. The van der Waals surface area contributed by atoms with Crippen LogP contribution in [-0.4, -0.2) is 24.4 Å². The summed E-state index contributed by atoms with van der Waals surface area (Å²) in [5.41, 5.74) is 0.394. The molecule has 2 aromatic rings. The molecule has 0 radical (unpaired) electrons. The predicted octanol–water partition coefficient (Wildman–Crippen LogP) is 3.45. The van der Waals surface area contributed by atoms with Gasteiger partial charge in [-0.1, -0.05) is 11.6 Å². The number of nitrogens with one attached hydrogen (secondary N) is 1. The summed E-state index contributed by atoms with van der Waals surface area (Å²) in [5, 5.41) is 2.82. The van der Waals surface area contributed by atoms with Crippen LogP contribution >= 0.6 is 11.6 Å². The molecule has 0 unspecified atom stereocenters. The topological polar surface area (TPSA) is 45.5 Å². The third-order valence-electron chi connectivity index (χ3n) is 2.84. The molecule has 0 saturated heterocycles. The number of nitrogens with zero attached hydrogens (tertiary/aromatic N) is 1. The van der Waals surface area contributed by atoms with Crippen LogP contribution in [0.4, 0.5) is 10.1 Å². The molecular weight excluding hydrogens is 295 g/mol. The second kappa shape index (κ2) is 6.74. The predicted molar refractivity (Wildman–Crippen MR) is 79.8 cm³/mol. The Morgan fingerprint density at radius 2 is 2.14 bits per heavy atom. The van der Waals surface area contributed by atoms with Gasteiger partial charge in [-0.2, -0.15) is 0 Å². The molecular formula is C15H16ClFN2O2. The molecule has 0 fully saturated rings. The Morgan fingerprint density at radius 3 is 2.76 bits per heavy atom. The molecule has 112 valence electrons. The number of hydrogen-bond donors (Lipinski definition) is 1. The Labute approximate surface area is 127 Å². The summed E-state index contributed by atoms with van der Waals surface area (Å²) in [6.45, 7) is 2.57. The molecule has 0 aliphatic carbocycles. The summed E-state index contributed by atoms with van der Waals surface area (Å²) in [6.07, 6.45) is 0. The van der Waals surface area contributed by atoms with Gasteiger partial charge in [-0.15, -0.1) is 0 Å². The number of rotatable bonds is 5. The molecule has 2 rings (SSSR count). The average molecular weight is 311 g/mol. The Morgan fingerprint density at radius 1 is 1.38 bits per heavy atom. The van der Waals surface area contributed by atoms with Gasteiger partial charge < -0.3 is 9.73 Å². The Kier molecular flexibility index (Phi) is 4.98. The highest BCUT2D eigenvalue weighted by Crippen LogP contribution is 2.22. The largest absolute Gasteiger partial charge is 0.465 e. The van der Waals surface area contributed by atoms with E-state index in [1.807, 2.05) is 31.0 Å². The number of halogens is 2. The van der Waals surface area contributed by atoms with Gasteiger partial charge in [-0.05, 0) is 44.3 Å². The molecule has 0 saturated carbocycles. The van der Waals surface area contributed by atoms with Gasteiger partial charge >= 0.3 is 0 Å². The van der Waals surface area contributed by atoms with Crippen LogP contribution in [-0.2, 0) is 11.3 Å². The van der Waals surface area contributed by atoms with E-state index in [-0.39, 0.29) is 17.5 Å². The van der Waals surface area contributed by atoms with E-state index >= 15 is 0 Å². The minimum Gasteiger partial charge on any atom is -0.465 e. The summed E-state index contributed by atoms with van der Waals surface area (Å²) in [5.74, 6) is 0.959. The lowest BCUT2D eigenvalue weighted by molar-refractivity contribution is -0.117. The smallest absolute Gasteiger partial charge is 0.238 e. The van der Waals surface area contributed by atoms with Crippen LogP contribution in [0.5, 0.6) is 0 Å². The highest BCUT2D eigenvalue weighted by Gasteiger charge is 2.11. The van der Waals surface area contributed by atoms with Crippen molar-refractivity contribution in [2.24, 2.45) is 0 Å². The maximum absolute atomic E-state index is 12.9. The molecule has 4 nitrogen and oxygen atoms in total. The SMILES string of the molecule is Cc1ccc(CN(C)CC(=O)Nc2ccc(F)cc2Cl)o1. The minimum atomic E-state index is -0.441. The molecule has 0 bridgehead atoms. The zero-order valence-corrected chi connectivity index (χ0v) is 12.6. The first-order valence-corrected chi connectivity index (χ1v) is 6.80. The minimum absolute atomic E-state index is 0.174. The van der Waals surface area contributed by atoms with Gasteiger partial charge in [-0.25, -0.2) is 4.39 Å². The van der Waals surface area contributed by atoms with Crippen molar-refractivity contribution in [1.82, 2.24) is 4.90 Å².